The molecule has 16 heavy (non-hydrogen) atoms. The second-order valence-corrected chi connectivity index (χ2v) is 4.05. The van der Waals surface area contributed by atoms with Crippen molar-refractivity contribution in [2.75, 3.05) is 6.61 Å². The van der Waals surface area contributed by atoms with Crippen LogP contribution in [0.1, 0.15) is 5.76 Å². The van der Waals surface area contributed by atoms with Gasteiger partial charge in [0.1, 0.15) is 27.0 Å². The van der Waals surface area contributed by atoms with Gasteiger partial charge in [0.2, 0.25) is 5.43 Å². The molecule has 2 rings (SSSR count). The van der Waals surface area contributed by atoms with Gasteiger partial charge in [-0.15, -0.1) is 0 Å². The summed E-state index contributed by atoms with van der Waals surface area (Å²) in [5.74, 6) is -0.284. The molecule has 2 aromatic rings. The Morgan fingerprint density at radius 3 is 2.88 bits per heavy atom. The maximum absolute atomic E-state index is 13.4. The lowest BCUT2D eigenvalue weighted by atomic mass is 10.2. The van der Waals surface area contributed by atoms with Crippen LogP contribution in [0.15, 0.2) is 31.9 Å². The Labute approximate surface area is 98.6 Å². The van der Waals surface area contributed by atoms with Crippen molar-refractivity contribution in [2.24, 2.45) is 0 Å². The molecule has 84 valence electrons. The minimum Gasteiger partial charge on any atom is -0.459 e. The van der Waals surface area contributed by atoms with Crippen LogP contribution >= 0.6 is 15.9 Å². The number of aliphatic hydroxyl groups is 1. The molecule has 0 fully saturated rings. The summed E-state index contributed by atoms with van der Waals surface area (Å²) < 4.78 is 18.9. The van der Waals surface area contributed by atoms with Gasteiger partial charge >= 0.3 is 0 Å². The van der Waals surface area contributed by atoms with Crippen molar-refractivity contribution in [1.82, 2.24) is 0 Å². The molecule has 0 atom stereocenters. The van der Waals surface area contributed by atoms with E-state index in [1.807, 2.05) is 0 Å². The van der Waals surface area contributed by atoms with Crippen LogP contribution < -0.4 is 5.43 Å². The lowest BCUT2D eigenvalue weighted by Crippen LogP contribution is -2.08. The van der Waals surface area contributed by atoms with Crippen LogP contribution in [0, 0.1) is 5.82 Å². The van der Waals surface area contributed by atoms with Gasteiger partial charge in [-0.1, -0.05) is 6.07 Å². The third kappa shape index (κ3) is 1.76. The standard InChI is InChI=1S/C11H8BrFO3/c12-10-8(4-5-14)16-7-3-1-2-6(13)9(7)11(10)15/h1-3,14H,4-5H2. The Morgan fingerprint density at radius 1 is 1.44 bits per heavy atom. The number of halogens is 2. The highest BCUT2D eigenvalue weighted by Gasteiger charge is 2.14. The van der Waals surface area contributed by atoms with Gasteiger partial charge in [0.25, 0.3) is 0 Å². The normalized spacial score (nSPS) is 10.9. The van der Waals surface area contributed by atoms with E-state index in [0.29, 0.717) is 5.76 Å². The quantitative estimate of drug-likeness (QED) is 0.921. The fraction of sp³-hybridized carbons (Fsp3) is 0.182. The fourth-order valence-corrected chi connectivity index (χ4v) is 1.96. The Hall–Kier alpha value is -1.20. The number of aliphatic hydroxyl groups excluding tert-OH is 1. The number of fused-ring (bicyclic) bond motifs is 1. The largest absolute Gasteiger partial charge is 0.459 e. The summed E-state index contributed by atoms with van der Waals surface area (Å²) in [6, 6.07) is 4.20. The Kier molecular flexibility index (Phi) is 3.07. The number of benzene rings is 1. The molecule has 0 amide bonds. The first-order valence-electron chi connectivity index (χ1n) is 4.65. The van der Waals surface area contributed by atoms with Gasteiger partial charge in [-0.3, -0.25) is 4.79 Å². The third-order valence-electron chi connectivity index (χ3n) is 2.22. The van der Waals surface area contributed by atoms with E-state index in [-0.39, 0.29) is 28.5 Å². The van der Waals surface area contributed by atoms with Gasteiger partial charge in [0, 0.05) is 6.42 Å². The maximum atomic E-state index is 13.4. The zero-order chi connectivity index (χ0) is 11.7. The molecule has 0 saturated heterocycles. The zero-order valence-corrected chi connectivity index (χ0v) is 9.75. The summed E-state index contributed by atoms with van der Waals surface area (Å²) >= 11 is 3.05. The minimum atomic E-state index is -0.609. The van der Waals surface area contributed by atoms with Gasteiger partial charge < -0.3 is 9.52 Å². The molecular formula is C11H8BrFO3. The van der Waals surface area contributed by atoms with Gasteiger partial charge in [-0.2, -0.15) is 0 Å². The van der Waals surface area contributed by atoms with Crippen molar-refractivity contribution in [2.45, 2.75) is 6.42 Å². The predicted octanol–water partition coefficient (Wildman–Crippen LogP) is 2.23. The molecule has 0 aliphatic heterocycles. The first-order chi connectivity index (χ1) is 7.65. The summed E-state index contributed by atoms with van der Waals surface area (Å²) in [6.07, 6.45) is 0.211. The summed E-state index contributed by atoms with van der Waals surface area (Å²) in [4.78, 5) is 11.8. The molecule has 0 unspecified atom stereocenters. The van der Waals surface area contributed by atoms with Crippen molar-refractivity contribution in [1.29, 1.82) is 0 Å². The second-order valence-electron chi connectivity index (χ2n) is 3.25. The molecule has 1 heterocycles. The van der Waals surface area contributed by atoms with Crippen molar-refractivity contribution in [3.05, 3.63) is 44.5 Å². The Bertz CT molecular complexity index is 592. The van der Waals surface area contributed by atoms with E-state index < -0.39 is 11.2 Å². The molecular weight excluding hydrogens is 279 g/mol. The first kappa shape index (κ1) is 11.3. The summed E-state index contributed by atoms with van der Waals surface area (Å²) in [5, 5.41) is 8.73. The van der Waals surface area contributed by atoms with E-state index >= 15 is 0 Å². The predicted molar refractivity (Wildman–Crippen MR) is 60.9 cm³/mol. The molecule has 1 aromatic carbocycles. The number of hydrogen-bond donors (Lipinski definition) is 1. The van der Waals surface area contributed by atoms with Gasteiger partial charge in [0.05, 0.1) is 6.61 Å². The van der Waals surface area contributed by atoms with E-state index in [9.17, 15) is 9.18 Å². The zero-order valence-electron chi connectivity index (χ0n) is 8.17. The summed E-state index contributed by atoms with van der Waals surface area (Å²) in [7, 11) is 0. The SMILES string of the molecule is O=c1c(Br)c(CCO)oc2cccc(F)c12. The fourth-order valence-electron chi connectivity index (χ4n) is 1.49. The van der Waals surface area contributed by atoms with Crippen LogP contribution in [0.25, 0.3) is 11.0 Å². The molecule has 0 radical (unpaired) electrons. The van der Waals surface area contributed by atoms with Crippen molar-refractivity contribution < 1.29 is 13.9 Å². The average molecular weight is 287 g/mol. The molecule has 0 bridgehead atoms. The van der Waals surface area contributed by atoms with E-state index in [4.69, 9.17) is 9.52 Å². The number of rotatable bonds is 2. The Morgan fingerprint density at radius 2 is 2.19 bits per heavy atom. The molecule has 0 spiro atoms. The molecule has 5 heteroatoms. The lowest BCUT2D eigenvalue weighted by Gasteiger charge is -2.04. The lowest BCUT2D eigenvalue weighted by molar-refractivity contribution is 0.288. The van der Waals surface area contributed by atoms with Crippen LogP contribution in [-0.2, 0) is 6.42 Å². The summed E-state index contributed by atoms with van der Waals surface area (Å²) in [5.41, 5.74) is -0.264. The first-order valence-corrected chi connectivity index (χ1v) is 5.45. The molecule has 0 aliphatic carbocycles. The van der Waals surface area contributed by atoms with Crippen molar-refractivity contribution in [3.63, 3.8) is 0 Å². The highest BCUT2D eigenvalue weighted by atomic mass is 79.9. The second kappa shape index (κ2) is 4.35. The minimum absolute atomic E-state index is 0.0731. The molecule has 1 aromatic heterocycles. The van der Waals surface area contributed by atoms with Crippen LogP contribution in [0.4, 0.5) is 4.39 Å². The highest BCUT2D eigenvalue weighted by Crippen LogP contribution is 2.21. The topological polar surface area (TPSA) is 50.4 Å². The average Bonchev–Trinajstić information content (AvgIpc) is 2.25. The van der Waals surface area contributed by atoms with Gasteiger partial charge in [-0.25, -0.2) is 4.39 Å². The Balaban J connectivity index is 2.83. The molecule has 0 aliphatic rings. The van der Waals surface area contributed by atoms with E-state index in [1.54, 1.807) is 0 Å². The van der Waals surface area contributed by atoms with Crippen LogP contribution in [-0.4, -0.2) is 11.7 Å². The van der Waals surface area contributed by atoms with Gasteiger partial charge in [0.15, 0.2) is 0 Å². The maximum Gasteiger partial charge on any atom is 0.210 e. The molecule has 3 nitrogen and oxygen atoms in total. The van der Waals surface area contributed by atoms with Crippen molar-refractivity contribution >= 4 is 26.9 Å². The van der Waals surface area contributed by atoms with Gasteiger partial charge in [-0.05, 0) is 28.1 Å². The summed E-state index contributed by atoms with van der Waals surface area (Å²) in [6.45, 7) is -0.137. The number of hydrogen-bond acceptors (Lipinski definition) is 3. The van der Waals surface area contributed by atoms with Crippen LogP contribution in [0.3, 0.4) is 0 Å². The molecule has 1 N–H and O–H groups in total. The van der Waals surface area contributed by atoms with E-state index in [2.05, 4.69) is 15.9 Å². The monoisotopic (exact) mass is 286 g/mol. The van der Waals surface area contributed by atoms with E-state index in [0.717, 1.165) is 0 Å². The third-order valence-corrected chi connectivity index (χ3v) is 3.02. The van der Waals surface area contributed by atoms with Crippen LogP contribution in [0.2, 0.25) is 0 Å². The van der Waals surface area contributed by atoms with Crippen molar-refractivity contribution in [3.8, 4) is 0 Å². The molecule has 0 saturated carbocycles. The highest BCUT2D eigenvalue weighted by molar-refractivity contribution is 9.10. The van der Waals surface area contributed by atoms with Crippen LogP contribution in [0.5, 0.6) is 0 Å². The van der Waals surface area contributed by atoms with E-state index in [1.165, 1.54) is 18.2 Å². The smallest absolute Gasteiger partial charge is 0.210 e.